The lowest BCUT2D eigenvalue weighted by atomic mass is 9.95. The van der Waals surface area contributed by atoms with Crippen LogP contribution in [0, 0.1) is 11.6 Å². The van der Waals surface area contributed by atoms with Gasteiger partial charge in [-0.3, -0.25) is 4.90 Å². The van der Waals surface area contributed by atoms with E-state index in [9.17, 15) is 13.2 Å². The van der Waals surface area contributed by atoms with Crippen molar-refractivity contribution in [2.75, 3.05) is 30.3 Å². The first-order valence-corrected chi connectivity index (χ1v) is 15.9. The SMILES string of the molecule is Nc1nc2c(-c3c(Cl)cc4c(N5[C@@H]6CC[C@H]5CC(F)C6)nc(OC[C@@]56CCCN5C[C@H](F)C6)nc4c3F)ccc(F)c2s1. The number of aromatic nitrogens is 3. The van der Waals surface area contributed by atoms with Crippen LogP contribution in [0.25, 0.3) is 32.2 Å². The number of anilines is 2. The molecule has 5 atom stereocenters. The highest BCUT2D eigenvalue weighted by atomic mass is 35.5. The molecule has 4 aliphatic heterocycles. The Morgan fingerprint density at radius 1 is 1.07 bits per heavy atom. The molecule has 4 saturated heterocycles. The second kappa shape index (κ2) is 10.0. The summed E-state index contributed by atoms with van der Waals surface area (Å²) in [4.78, 5) is 17.8. The summed E-state index contributed by atoms with van der Waals surface area (Å²) in [6.07, 6.45) is 2.61. The van der Waals surface area contributed by atoms with E-state index in [0.717, 1.165) is 43.6 Å². The van der Waals surface area contributed by atoms with Gasteiger partial charge in [0, 0.05) is 41.6 Å². The van der Waals surface area contributed by atoms with Crippen LogP contribution in [0.1, 0.15) is 44.9 Å². The molecule has 4 aliphatic rings. The van der Waals surface area contributed by atoms with Gasteiger partial charge in [-0.05, 0) is 63.3 Å². The van der Waals surface area contributed by atoms with Crippen LogP contribution in [0.5, 0.6) is 6.01 Å². The van der Waals surface area contributed by atoms with Gasteiger partial charge in [0.2, 0.25) is 0 Å². The number of piperidine rings is 1. The molecule has 0 radical (unpaired) electrons. The number of hydrogen-bond donors (Lipinski definition) is 1. The first kappa shape index (κ1) is 27.6. The third kappa shape index (κ3) is 4.34. The Hall–Kier alpha value is -2.96. The zero-order chi connectivity index (χ0) is 29.6. The van der Waals surface area contributed by atoms with Crippen molar-refractivity contribution in [1.82, 2.24) is 19.9 Å². The molecule has 226 valence electrons. The van der Waals surface area contributed by atoms with E-state index in [4.69, 9.17) is 27.1 Å². The number of alkyl halides is 2. The Labute approximate surface area is 254 Å². The predicted molar refractivity (Wildman–Crippen MR) is 159 cm³/mol. The van der Waals surface area contributed by atoms with Gasteiger partial charge in [-0.25, -0.2) is 22.5 Å². The maximum atomic E-state index is 16.7. The van der Waals surface area contributed by atoms with Crippen LogP contribution in [-0.2, 0) is 0 Å². The van der Waals surface area contributed by atoms with Gasteiger partial charge in [0.25, 0.3) is 0 Å². The summed E-state index contributed by atoms with van der Waals surface area (Å²) in [7, 11) is 0. The number of ether oxygens (including phenoxy) is 1. The standard InChI is InChI=1S/C30H29ClF4N6OS/c31-20-10-19-24(23(35)22(20)18-4-5-21(34)26-25(18)37-28(36)43-26)38-29(42-13-30-6-1-7-40(30)12-15(33)11-30)39-27(19)41-16-2-3-17(41)9-14(32)8-16/h4-5,10,14-17H,1-3,6-9,11-13H2,(H2,36,37)/t14?,15-,16-,17+,30+/m1/s1. The fraction of sp³-hybridized carbons (Fsp3) is 0.500. The summed E-state index contributed by atoms with van der Waals surface area (Å²) < 4.78 is 66.7. The van der Waals surface area contributed by atoms with Crippen molar-refractivity contribution >= 4 is 55.0 Å². The molecule has 0 aliphatic carbocycles. The van der Waals surface area contributed by atoms with Gasteiger partial charge in [-0.15, -0.1) is 0 Å². The molecule has 2 N–H and O–H groups in total. The molecular weight excluding hydrogens is 604 g/mol. The van der Waals surface area contributed by atoms with E-state index >= 15 is 4.39 Å². The summed E-state index contributed by atoms with van der Waals surface area (Å²) in [6, 6.07) is 4.06. The number of hydrogen-bond acceptors (Lipinski definition) is 8. The summed E-state index contributed by atoms with van der Waals surface area (Å²) >= 11 is 7.75. The van der Waals surface area contributed by atoms with Crippen molar-refractivity contribution < 1.29 is 22.3 Å². The van der Waals surface area contributed by atoms with Crippen LogP contribution >= 0.6 is 22.9 Å². The highest BCUT2D eigenvalue weighted by molar-refractivity contribution is 7.22. The van der Waals surface area contributed by atoms with Gasteiger partial charge >= 0.3 is 6.01 Å². The largest absolute Gasteiger partial charge is 0.461 e. The van der Waals surface area contributed by atoms with Gasteiger partial charge in [-0.1, -0.05) is 22.9 Å². The van der Waals surface area contributed by atoms with Crippen LogP contribution in [0.4, 0.5) is 28.5 Å². The van der Waals surface area contributed by atoms with Gasteiger partial charge in [0.1, 0.15) is 36.1 Å². The number of rotatable bonds is 5. The second-order valence-electron chi connectivity index (χ2n) is 12.3. The molecule has 0 amide bonds. The van der Waals surface area contributed by atoms with Crippen molar-refractivity contribution in [2.45, 2.75) is 74.9 Å². The van der Waals surface area contributed by atoms with E-state index in [1.807, 2.05) is 0 Å². The van der Waals surface area contributed by atoms with E-state index in [1.54, 1.807) is 6.07 Å². The second-order valence-corrected chi connectivity index (χ2v) is 13.8. The minimum Gasteiger partial charge on any atom is -0.461 e. The molecular formula is C30H29ClF4N6OS. The zero-order valence-corrected chi connectivity index (χ0v) is 24.7. The lowest BCUT2D eigenvalue weighted by Crippen LogP contribution is -2.45. The van der Waals surface area contributed by atoms with E-state index in [-0.39, 0.29) is 61.7 Å². The predicted octanol–water partition coefficient (Wildman–Crippen LogP) is 6.84. The van der Waals surface area contributed by atoms with Crippen LogP contribution in [0.3, 0.4) is 0 Å². The molecule has 13 heteroatoms. The highest BCUT2D eigenvalue weighted by Crippen LogP contribution is 2.47. The molecule has 0 spiro atoms. The Morgan fingerprint density at radius 3 is 2.65 bits per heavy atom. The number of fused-ring (bicyclic) bond motifs is 5. The average Bonchev–Trinajstić information content (AvgIpc) is 3.69. The molecule has 2 aromatic carbocycles. The van der Waals surface area contributed by atoms with Gasteiger partial charge in [0.15, 0.2) is 10.9 Å². The van der Waals surface area contributed by atoms with E-state index in [1.165, 1.54) is 12.1 Å². The number of nitrogens with zero attached hydrogens (tertiary/aromatic N) is 5. The van der Waals surface area contributed by atoms with Crippen molar-refractivity contribution in [1.29, 1.82) is 0 Å². The third-order valence-electron chi connectivity index (χ3n) is 9.77. The normalized spacial score (nSPS) is 28.8. The Morgan fingerprint density at radius 2 is 1.86 bits per heavy atom. The highest BCUT2D eigenvalue weighted by Gasteiger charge is 2.49. The molecule has 0 saturated carbocycles. The minimum atomic E-state index is -0.927. The summed E-state index contributed by atoms with van der Waals surface area (Å²) in [5, 5.41) is 0.610. The molecule has 43 heavy (non-hydrogen) atoms. The maximum absolute atomic E-state index is 16.7. The summed E-state index contributed by atoms with van der Waals surface area (Å²) in [6.45, 7) is 1.36. The van der Waals surface area contributed by atoms with Crippen LogP contribution in [-0.4, -0.2) is 69.5 Å². The van der Waals surface area contributed by atoms with Gasteiger partial charge in [-0.2, -0.15) is 9.97 Å². The molecule has 2 bridgehead atoms. The van der Waals surface area contributed by atoms with Crippen LogP contribution in [0.15, 0.2) is 18.2 Å². The van der Waals surface area contributed by atoms with Crippen molar-refractivity contribution in [2.24, 2.45) is 0 Å². The van der Waals surface area contributed by atoms with Crippen LogP contribution in [0.2, 0.25) is 5.02 Å². The smallest absolute Gasteiger partial charge is 0.319 e. The molecule has 4 aromatic rings. The average molecular weight is 633 g/mol. The van der Waals surface area contributed by atoms with Crippen molar-refractivity contribution in [3.63, 3.8) is 0 Å². The van der Waals surface area contributed by atoms with Gasteiger partial charge < -0.3 is 15.4 Å². The van der Waals surface area contributed by atoms with E-state index in [2.05, 4.69) is 19.8 Å². The quantitative estimate of drug-likeness (QED) is 0.241. The first-order valence-electron chi connectivity index (χ1n) is 14.7. The Kier molecular flexibility index (Phi) is 6.43. The number of halogens is 5. The monoisotopic (exact) mass is 632 g/mol. The van der Waals surface area contributed by atoms with Crippen molar-refractivity contribution in [3.8, 4) is 17.1 Å². The molecule has 8 rings (SSSR count). The topological polar surface area (TPSA) is 80.4 Å². The molecule has 2 aromatic heterocycles. The zero-order valence-electron chi connectivity index (χ0n) is 23.1. The number of benzene rings is 2. The third-order valence-corrected chi connectivity index (χ3v) is 11.0. The summed E-state index contributed by atoms with van der Waals surface area (Å²) in [5.41, 5.74) is 5.93. The minimum absolute atomic E-state index is 0.0159. The number of thiazole rings is 1. The van der Waals surface area contributed by atoms with Crippen molar-refractivity contribution in [3.05, 3.63) is 34.9 Å². The summed E-state index contributed by atoms with van der Waals surface area (Å²) in [5.74, 6) is -0.793. The number of nitrogens with two attached hydrogens (primary N) is 1. The first-order chi connectivity index (χ1) is 20.7. The molecule has 7 nitrogen and oxygen atoms in total. The van der Waals surface area contributed by atoms with Gasteiger partial charge in [0.05, 0.1) is 20.8 Å². The lowest BCUT2D eigenvalue weighted by Gasteiger charge is -2.38. The Balaban J connectivity index is 1.28. The maximum Gasteiger partial charge on any atom is 0.319 e. The fourth-order valence-corrected chi connectivity index (χ4v) is 9.02. The lowest BCUT2D eigenvalue weighted by molar-refractivity contribution is 0.107. The molecule has 1 unspecified atom stereocenters. The molecule has 4 fully saturated rings. The Bertz CT molecular complexity index is 1760. The number of nitrogen functional groups attached to an aromatic ring is 1. The van der Waals surface area contributed by atoms with E-state index < -0.39 is 29.5 Å². The van der Waals surface area contributed by atoms with E-state index in [0.29, 0.717) is 37.0 Å². The van der Waals surface area contributed by atoms with Crippen LogP contribution < -0.4 is 15.4 Å². The molecule has 6 heterocycles. The fourth-order valence-electron chi connectivity index (χ4n) is 7.97.